The molecule has 0 aliphatic rings. The number of nitrogens with one attached hydrogen (secondary N) is 1. The fraction of sp³-hybridized carbons (Fsp3) is 0.167. The first-order valence-electron chi connectivity index (χ1n) is 5.67. The Hall–Kier alpha value is -1.74. The summed E-state index contributed by atoms with van der Waals surface area (Å²) in [5.41, 5.74) is 3.21. The van der Waals surface area contributed by atoms with E-state index >= 15 is 0 Å². The van der Waals surface area contributed by atoms with Crippen LogP contribution in [0.4, 0.5) is 24.7 Å². The summed E-state index contributed by atoms with van der Waals surface area (Å²) in [5.74, 6) is 0.00856. The van der Waals surface area contributed by atoms with Crippen LogP contribution in [0.15, 0.2) is 34.7 Å². The van der Waals surface area contributed by atoms with Crippen LogP contribution in [-0.4, -0.2) is 16.4 Å². The second-order valence-corrected chi connectivity index (χ2v) is 6.04. The van der Waals surface area contributed by atoms with Crippen molar-refractivity contribution in [1.29, 1.82) is 0 Å². The highest BCUT2D eigenvalue weighted by atomic mass is 32.2. The van der Waals surface area contributed by atoms with Crippen molar-refractivity contribution < 1.29 is 18.0 Å². The number of aromatic nitrogens is 1. The number of nitrogens with two attached hydrogens (primary N) is 1. The summed E-state index contributed by atoms with van der Waals surface area (Å²) in [4.78, 5) is 16.3. The number of carbonyl (C=O) groups is 1. The topological polar surface area (TPSA) is 68.0 Å². The average Bonchev–Trinajstić information content (AvgIpc) is 2.76. The number of hydrogen-bond acceptors (Lipinski definition) is 5. The molecule has 0 saturated carbocycles. The predicted octanol–water partition coefficient (Wildman–Crippen LogP) is 3.52. The Bertz CT molecular complexity index is 625. The lowest BCUT2D eigenvalue weighted by molar-refractivity contribution is -0.115. The van der Waals surface area contributed by atoms with Crippen molar-refractivity contribution in [2.75, 3.05) is 11.1 Å². The number of anilines is 2. The van der Waals surface area contributed by atoms with E-state index in [-0.39, 0.29) is 29.0 Å². The molecule has 0 aliphatic heterocycles. The van der Waals surface area contributed by atoms with Gasteiger partial charge in [0, 0.05) is 10.6 Å². The maximum absolute atomic E-state index is 12.2. The number of carbonyl (C=O) groups excluding carboxylic acids is 1. The van der Waals surface area contributed by atoms with Crippen molar-refractivity contribution in [3.05, 3.63) is 34.7 Å². The molecular formula is C12H10F3N3OS2. The molecule has 0 bridgehead atoms. The standard InChI is InChI=1S/C12H10F3N3OS2/c13-12(14,15)21-8-3-1-7(2-4-8)18-10(19)5-9-11(16)17-6-20-9/h1-4,6H,5,16H2,(H,18,19). The third-order valence-electron chi connectivity index (χ3n) is 2.37. The van der Waals surface area contributed by atoms with Gasteiger partial charge in [0.15, 0.2) is 0 Å². The highest BCUT2D eigenvalue weighted by Crippen LogP contribution is 2.37. The van der Waals surface area contributed by atoms with E-state index in [4.69, 9.17) is 5.73 Å². The van der Waals surface area contributed by atoms with E-state index in [0.29, 0.717) is 16.4 Å². The van der Waals surface area contributed by atoms with E-state index in [1.54, 1.807) is 5.51 Å². The van der Waals surface area contributed by atoms with Crippen molar-refractivity contribution >= 4 is 40.5 Å². The van der Waals surface area contributed by atoms with Gasteiger partial charge in [-0.1, -0.05) is 0 Å². The Labute approximate surface area is 126 Å². The smallest absolute Gasteiger partial charge is 0.383 e. The summed E-state index contributed by atoms with van der Waals surface area (Å²) >= 11 is 1.07. The van der Waals surface area contributed by atoms with Crippen LogP contribution in [0.3, 0.4) is 0 Å². The molecule has 3 N–H and O–H groups in total. The van der Waals surface area contributed by atoms with Gasteiger partial charge < -0.3 is 11.1 Å². The Balaban J connectivity index is 1.94. The van der Waals surface area contributed by atoms with E-state index in [2.05, 4.69) is 10.3 Å². The number of nitrogens with zero attached hydrogens (tertiary/aromatic N) is 1. The Morgan fingerprint density at radius 2 is 2.00 bits per heavy atom. The van der Waals surface area contributed by atoms with Gasteiger partial charge in [-0.15, -0.1) is 11.3 Å². The molecule has 0 aliphatic carbocycles. The molecule has 1 aromatic heterocycles. The van der Waals surface area contributed by atoms with Gasteiger partial charge in [-0.05, 0) is 36.0 Å². The Morgan fingerprint density at radius 1 is 1.33 bits per heavy atom. The summed E-state index contributed by atoms with van der Waals surface area (Å²) in [6.45, 7) is 0. The zero-order chi connectivity index (χ0) is 15.5. The summed E-state index contributed by atoms with van der Waals surface area (Å²) in [6.07, 6.45) is 0.0789. The number of rotatable bonds is 4. The molecule has 2 aromatic rings. The molecule has 1 amide bonds. The molecular weight excluding hydrogens is 323 g/mol. The molecule has 1 aromatic carbocycles. The number of halogens is 3. The summed E-state index contributed by atoms with van der Waals surface area (Å²) in [5, 5.41) is 2.59. The molecule has 2 rings (SSSR count). The maximum Gasteiger partial charge on any atom is 0.446 e. The minimum absolute atomic E-state index is 0.0622. The number of benzene rings is 1. The number of amides is 1. The number of thioether (sulfide) groups is 1. The number of alkyl halides is 3. The second kappa shape index (κ2) is 6.35. The molecule has 4 nitrogen and oxygen atoms in total. The van der Waals surface area contributed by atoms with E-state index < -0.39 is 5.51 Å². The summed E-state index contributed by atoms with van der Waals surface area (Å²) in [7, 11) is 0. The Kier molecular flexibility index (Phi) is 4.73. The predicted molar refractivity (Wildman–Crippen MR) is 77.2 cm³/mol. The molecule has 112 valence electrons. The van der Waals surface area contributed by atoms with Crippen LogP contribution in [0, 0.1) is 0 Å². The van der Waals surface area contributed by atoms with Gasteiger partial charge in [0.2, 0.25) is 5.91 Å². The van der Waals surface area contributed by atoms with Crippen molar-refractivity contribution in [3.8, 4) is 0 Å². The van der Waals surface area contributed by atoms with Gasteiger partial charge >= 0.3 is 5.51 Å². The van der Waals surface area contributed by atoms with Crippen molar-refractivity contribution in [2.24, 2.45) is 0 Å². The molecule has 9 heteroatoms. The quantitative estimate of drug-likeness (QED) is 0.840. The van der Waals surface area contributed by atoms with Crippen LogP contribution in [0.5, 0.6) is 0 Å². The minimum atomic E-state index is -4.32. The molecule has 0 radical (unpaired) electrons. The monoisotopic (exact) mass is 333 g/mol. The lowest BCUT2D eigenvalue weighted by atomic mass is 10.3. The van der Waals surface area contributed by atoms with Crippen molar-refractivity contribution in [2.45, 2.75) is 16.8 Å². The van der Waals surface area contributed by atoms with Gasteiger partial charge in [-0.2, -0.15) is 13.2 Å². The SMILES string of the molecule is Nc1ncsc1CC(=O)Nc1ccc(SC(F)(F)F)cc1. The molecule has 0 fully saturated rings. The second-order valence-electron chi connectivity index (χ2n) is 3.96. The van der Waals surface area contributed by atoms with Gasteiger partial charge in [-0.3, -0.25) is 4.79 Å². The fourth-order valence-corrected chi connectivity index (χ4v) is 2.72. The molecule has 0 saturated heterocycles. The minimum Gasteiger partial charge on any atom is -0.383 e. The Morgan fingerprint density at radius 3 is 2.52 bits per heavy atom. The van der Waals surface area contributed by atoms with Crippen LogP contribution < -0.4 is 11.1 Å². The van der Waals surface area contributed by atoms with E-state index in [1.807, 2.05) is 0 Å². The number of nitrogen functional groups attached to an aromatic ring is 1. The highest BCUT2D eigenvalue weighted by Gasteiger charge is 2.29. The van der Waals surface area contributed by atoms with Crippen molar-refractivity contribution in [3.63, 3.8) is 0 Å². The number of hydrogen-bond donors (Lipinski definition) is 2. The molecule has 1 heterocycles. The normalized spacial score (nSPS) is 11.4. The molecule has 21 heavy (non-hydrogen) atoms. The molecule has 0 spiro atoms. The van der Waals surface area contributed by atoms with Crippen LogP contribution in [0.2, 0.25) is 0 Å². The summed E-state index contributed by atoms with van der Waals surface area (Å²) in [6, 6.07) is 5.44. The zero-order valence-electron chi connectivity index (χ0n) is 10.5. The largest absolute Gasteiger partial charge is 0.446 e. The first kappa shape index (κ1) is 15.6. The zero-order valence-corrected chi connectivity index (χ0v) is 12.1. The van der Waals surface area contributed by atoms with Gasteiger partial charge in [-0.25, -0.2) is 4.98 Å². The molecule has 0 unspecified atom stereocenters. The van der Waals surface area contributed by atoms with Crippen LogP contribution in [0.25, 0.3) is 0 Å². The van der Waals surface area contributed by atoms with Gasteiger partial charge in [0.1, 0.15) is 5.82 Å². The third-order valence-corrected chi connectivity index (χ3v) is 3.95. The van der Waals surface area contributed by atoms with Gasteiger partial charge in [0.25, 0.3) is 0 Å². The number of thiazole rings is 1. The van der Waals surface area contributed by atoms with Crippen LogP contribution >= 0.6 is 23.1 Å². The van der Waals surface area contributed by atoms with E-state index in [0.717, 1.165) is 0 Å². The van der Waals surface area contributed by atoms with E-state index in [1.165, 1.54) is 35.6 Å². The van der Waals surface area contributed by atoms with E-state index in [9.17, 15) is 18.0 Å². The van der Waals surface area contributed by atoms with Crippen molar-refractivity contribution in [1.82, 2.24) is 4.98 Å². The average molecular weight is 333 g/mol. The lowest BCUT2D eigenvalue weighted by Gasteiger charge is -2.07. The fourth-order valence-electron chi connectivity index (χ4n) is 1.50. The first-order valence-corrected chi connectivity index (χ1v) is 7.36. The van der Waals surface area contributed by atoms with Crippen LogP contribution in [-0.2, 0) is 11.2 Å². The third kappa shape index (κ3) is 4.94. The molecule has 0 atom stereocenters. The van der Waals surface area contributed by atoms with Crippen LogP contribution in [0.1, 0.15) is 4.88 Å². The highest BCUT2D eigenvalue weighted by molar-refractivity contribution is 8.00. The lowest BCUT2D eigenvalue weighted by Crippen LogP contribution is -2.14. The van der Waals surface area contributed by atoms with Gasteiger partial charge in [0.05, 0.1) is 16.8 Å². The summed E-state index contributed by atoms with van der Waals surface area (Å²) < 4.78 is 36.5. The maximum atomic E-state index is 12.2. The first-order chi connectivity index (χ1) is 9.83.